The summed E-state index contributed by atoms with van der Waals surface area (Å²) >= 11 is 0. The van der Waals surface area contributed by atoms with Gasteiger partial charge in [0.05, 0.1) is 20.3 Å². The SMILES string of the molecule is CCc1ccc(CN2CCc3c(C(=O)OC)c(OCCCc4ccccc4)cc(=O)n3CC2)o1. The molecule has 0 amide bonds. The van der Waals surface area contributed by atoms with Gasteiger partial charge in [-0.15, -0.1) is 0 Å². The quantitative estimate of drug-likeness (QED) is 0.354. The Hall–Kier alpha value is -3.32. The van der Waals surface area contributed by atoms with E-state index in [1.54, 1.807) is 4.57 Å². The molecule has 34 heavy (non-hydrogen) atoms. The number of aryl methyl sites for hydroxylation is 2. The minimum Gasteiger partial charge on any atom is -0.492 e. The average Bonchev–Trinajstić information content (AvgIpc) is 3.21. The van der Waals surface area contributed by atoms with Crippen molar-refractivity contribution in [2.45, 2.75) is 45.7 Å². The van der Waals surface area contributed by atoms with E-state index in [2.05, 4.69) is 24.0 Å². The number of esters is 1. The number of pyridine rings is 1. The number of nitrogens with zero attached hydrogens (tertiary/aromatic N) is 2. The molecular weight excluding hydrogens is 432 g/mol. The Morgan fingerprint density at radius 3 is 2.59 bits per heavy atom. The topological polar surface area (TPSA) is 73.9 Å². The van der Waals surface area contributed by atoms with Crippen LogP contribution in [0.15, 0.2) is 57.7 Å². The zero-order chi connectivity index (χ0) is 23.9. The van der Waals surface area contributed by atoms with Gasteiger partial charge in [0, 0.05) is 44.2 Å². The van der Waals surface area contributed by atoms with Crippen molar-refractivity contribution in [1.29, 1.82) is 0 Å². The van der Waals surface area contributed by atoms with Crippen molar-refractivity contribution in [2.24, 2.45) is 0 Å². The van der Waals surface area contributed by atoms with Crippen LogP contribution >= 0.6 is 0 Å². The second kappa shape index (κ2) is 11.2. The molecule has 2 aromatic heterocycles. The highest BCUT2D eigenvalue weighted by atomic mass is 16.5. The van der Waals surface area contributed by atoms with Gasteiger partial charge >= 0.3 is 5.97 Å². The van der Waals surface area contributed by atoms with Crippen LogP contribution in [-0.2, 0) is 37.1 Å². The Bertz CT molecular complexity index is 1170. The fraction of sp³-hybridized carbons (Fsp3) is 0.407. The van der Waals surface area contributed by atoms with Gasteiger partial charge < -0.3 is 18.5 Å². The van der Waals surface area contributed by atoms with Crippen LogP contribution in [0.1, 0.15) is 46.5 Å². The summed E-state index contributed by atoms with van der Waals surface area (Å²) in [5, 5.41) is 0. The summed E-state index contributed by atoms with van der Waals surface area (Å²) in [7, 11) is 1.36. The fourth-order valence-corrected chi connectivity index (χ4v) is 4.41. The summed E-state index contributed by atoms with van der Waals surface area (Å²) in [5.41, 5.74) is 2.10. The molecule has 0 spiro atoms. The molecule has 7 heteroatoms. The molecule has 0 aliphatic carbocycles. The second-order valence-electron chi connectivity index (χ2n) is 8.50. The van der Waals surface area contributed by atoms with Crippen LogP contribution < -0.4 is 10.3 Å². The molecule has 0 N–H and O–H groups in total. The number of furan rings is 1. The van der Waals surface area contributed by atoms with Crippen molar-refractivity contribution >= 4 is 5.97 Å². The van der Waals surface area contributed by atoms with Crippen molar-refractivity contribution in [3.8, 4) is 5.75 Å². The number of hydrogen-bond donors (Lipinski definition) is 0. The van der Waals surface area contributed by atoms with Crippen molar-refractivity contribution in [2.75, 3.05) is 26.8 Å². The van der Waals surface area contributed by atoms with E-state index in [0.29, 0.717) is 56.2 Å². The summed E-state index contributed by atoms with van der Waals surface area (Å²) in [4.78, 5) is 27.9. The fourth-order valence-electron chi connectivity index (χ4n) is 4.41. The Balaban J connectivity index is 1.49. The third kappa shape index (κ3) is 5.59. The summed E-state index contributed by atoms with van der Waals surface area (Å²) in [5.74, 6) is 1.70. The van der Waals surface area contributed by atoms with E-state index in [0.717, 1.165) is 30.8 Å². The zero-order valence-corrected chi connectivity index (χ0v) is 19.9. The molecule has 0 unspecified atom stereocenters. The first-order chi connectivity index (χ1) is 16.6. The van der Waals surface area contributed by atoms with E-state index in [9.17, 15) is 9.59 Å². The summed E-state index contributed by atoms with van der Waals surface area (Å²) in [6, 6.07) is 15.6. The van der Waals surface area contributed by atoms with E-state index in [4.69, 9.17) is 13.9 Å². The van der Waals surface area contributed by atoms with Gasteiger partial charge in [0.2, 0.25) is 0 Å². The molecule has 0 fully saturated rings. The molecule has 7 nitrogen and oxygen atoms in total. The first kappa shape index (κ1) is 23.8. The van der Waals surface area contributed by atoms with E-state index < -0.39 is 5.97 Å². The van der Waals surface area contributed by atoms with Gasteiger partial charge in [0.1, 0.15) is 22.8 Å². The predicted molar refractivity (Wildman–Crippen MR) is 129 cm³/mol. The van der Waals surface area contributed by atoms with E-state index in [-0.39, 0.29) is 5.56 Å². The largest absolute Gasteiger partial charge is 0.492 e. The van der Waals surface area contributed by atoms with Crippen LogP contribution in [0.25, 0.3) is 0 Å². The zero-order valence-electron chi connectivity index (χ0n) is 19.9. The van der Waals surface area contributed by atoms with Gasteiger partial charge in [-0.1, -0.05) is 37.3 Å². The van der Waals surface area contributed by atoms with E-state index in [1.807, 2.05) is 30.3 Å². The van der Waals surface area contributed by atoms with Gasteiger partial charge in [-0.05, 0) is 30.5 Å². The minimum absolute atomic E-state index is 0.158. The van der Waals surface area contributed by atoms with Crippen molar-refractivity contribution < 1.29 is 18.7 Å². The Kier molecular flexibility index (Phi) is 7.85. The minimum atomic E-state index is -0.478. The van der Waals surface area contributed by atoms with E-state index >= 15 is 0 Å². The van der Waals surface area contributed by atoms with Gasteiger partial charge in [-0.2, -0.15) is 0 Å². The highest BCUT2D eigenvalue weighted by molar-refractivity contribution is 5.93. The molecular formula is C27H32N2O5. The molecule has 0 saturated heterocycles. The van der Waals surface area contributed by atoms with Crippen molar-refractivity contribution in [1.82, 2.24) is 9.47 Å². The first-order valence-electron chi connectivity index (χ1n) is 11.9. The lowest BCUT2D eigenvalue weighted by molar-refractivity contribution is 0.0593. The number of aromatic nitrogens is 1. The van der Waals surface area contributed by atoms with Crippen LogP contribution in [-0.4, -0.2) is 42.2 Å². The number of hydrogen-bond acceptors (Lipinski definition) is 6. The van der Waals surface area contributed by atoms with Crippen LogP contribution in [0.4, 0.5) is 0 Å². The molecule has 0 saturated carbocycles. The molecule has 0 atom stereocenters. The van der Waals surface area contributed by atoms with Crippen LogP contribution in [0.5, 0.6) is 5.75 Å². The monoisotopic (exact) mass is 464 g/mol. The normalized spacial score (nSPS) is 13.8. The number of fused-ring (bicyclic) bond motifs is 1. The maximum absolute atomic E-state index is 13.0. The molecule has 0 radical (unpaired) electrons. The Morgan fingerprint density at radius 2 is 1.85 bits per heavy atom. The predicted octanol–water partition coefficient (Wildman–Crippen LogP) is 3.86. The van der Waals surface area contributed by atoms with Crippen molar-refractivity contribution in [3.05, 3.63) is 87.2 Å². The lowest BCUT2D eigenvalue weighted by Crippen LogP contribution is -2.29. The lowest BCUT2D eigenvalue weighted by atomic mass is 10.1. The molecule has 180 valence electrons. The number of carbonyl (C=O) groups is 1. The second-order valence-corrected chi connectivity index (χ2v) is 8.50. The standard InChI is InChI=1S/C27H32N2O5/c1-3-21-11-12-22(34-21)19-28-14-13-23-26(27(31)32-2)24(18-25(30)29(23)16-15-28)33-17-7-10-20-8-5-4-6-9-20/h4-6,8-9,11-12,18H,3,7,10,13-17,19H2,1-2H3. The maximum Gasteiger partial charge on any atom is 0.343 e. The maximum atomic E-state index is 13.0. The summed E-state index contributed by atoms with van der Waals surface area (Å²) in [6.45, 7) is 5.02. The molecule has 3 aromatic rings. The average molecular weight is 465 g/mol. The highest BCUT2D eigenvalue weighted by Crippen LogP contribution is 2.25. The molecule has 0 bridgehead atoms. The van der Waals surface area contributed by atoms with Crippen LogP contribution in [0, 0.1) is 0 Å². The summed E-state index contributed by atoms with van der Waals surface area (Å²) < 4.78 is 18.6. The van der Waals surface area contributed by atoms with Crippen LogP contribution in [0.3, 0.4) is 0 Å². The number of methoxy groups -OCH3 is 1. The van der Waals surface area contributed by atoms with Gasteiger partial charge in [-0.3, -0.25) is 9.69 Å². The Morgan fingerprint density at radius 1 is 1.06 bits per heavy atom. The van der Waals surface area contributed by atoms with Crippen LogP contribution in [0.2, 0.25) is 0 Å². The van der Waals surface area contributed by atoms with Gasteiger partial charge in [-0.25, -0.2) is 4.79 Å². The number of rotatable bonds is 9. The Labute approximate surface area is 199 Å². The number of benzene rings is 1. The lowest BCUT2D eigenvalue weighted by Gasteiger charge is -2.17. The summed E-state index contributed by atoms with van der Waals surface area (Å²) in [6.07, 6.45) is 3.04. The van der Waals surface area contributed by atoms with Gasteiger partial charge in [0.25, 0.3) is 5.56 Å². The molecule has 4 rings (SSSR count). The number of ether oxygens (including phenoxy) is 2. The first-order valence-corrected chi connectivity index (χ1v) is 11.9. The molecule has 3 heterocycles. The van der Waals surface area contributed by atoms with Crippen molar-refractivity contribution in [3.63, 3.8) is 0 Å². The van der Waals surface area contributed by atoms with Gasteiger partial charge in [0.15, 0.2) is 0 Å². The molecule has 1 aromatic carbocycles. The molecule has 1 aliphatic heterocycles. The third-order valence-corrected chi connectivity index (χ3v) is 6.23. The molecule has 1 aliphatic rings. The van der Waals surface area contributed by atoms with E-state index in [1.165, 1.54) is 18.7 Å². The smallest absolute Gasteiger partial charge is 0.343 e. The highest BCUT2D eigenvalue weighted by Gasteiger charge is 2.26. The number of carbonyl (C=O) groups excluding carboxylic acids is 1. The third-order valence-electron chi connectivity index (χ3n) is 6.23.